The molecule has 1 aromatic heterocycles. The number of benzene rings is 1. The molecule has 6 heteroatoms. The molecular formula is C16H24BN3O2. The molecule has 0 N–H and O–H groups in total. The van der Waals surface area contributed by atoms with Crippen molar-refractivity contribution in [3.8, 4) is 5.69 Å². The van der Waals surface area contributed by atoms with Crippen LogP contribution in [0.3, 0.4) is 0 Å². The number of aromatic nitrogens is 3. The van der Waals surface area contributed by atoms with Gasteiger partial charge >= 0.3 is 7.12 Å². The summed E-state index contributed by atoms with van der Waals surface area (Å²) >= 11 is 0. The van der Waals surface area contributed by atoms with Crippen molar-refractivity contribution < 1.29 is 9.31 Å². The van der Waals surface area contributed by atoms with Gasteiger partial charge in [-0.25, -0.2) is 0 Å². The van der Waals surface area contributed by atoms with Crippen molar-refractivity contribution in [2.75, 3.05) is 0 Å². The van der Waals surface area contributed by atoms with E-state index in [1.807, 2.05) is 38.1 Å². The Balaban J connectivity index is 0.000000847. The summed E-state index contributed by atoms with van der Waals surface area (Å²) in [5, 5.41) is 8.21. The maximum Gasteiger partial charge on any atom is 0.494 e. The van der Waals surface area contributed by atoms with Crippen LogP contribution in [0.15, 0.2) is 36.7 Å². The topological polar surface area (TPSA) is 49.2 Å². The van der Waals surface area contributed by atoms with E-state index in [9.17, 15) is 0 Å². The first-order valence-electron chi connectivity index (χ1n) is 7.71. The van der Waals surface area contributed by atoms with Crippen molar-refractivity contribution in [1.82, 2.24) is 15.0 Å². The number of hydrogen-bond donors (Lipinski definition) is 0. The van der Waals surface area contributed by atoms with E-state index < -0.39 is 0 Å². The van der Waals surface area contributed by atoms with Gasteiger partial charge in [-0.2, -0.15) is 15.0 Å². The number of rotatable bonds is 2. The smallest absolute Gasteiger partial charge is 0.399 e. The molecule has 1 aliphatic rings. The van der Waals surface area contributed by atoms with Gasteiger partial charge in [0.05, 0.1) is 29.3 Å². The molecule has 22 heavy (non-hydrogen) atoms. The van der Waals surface area contributed by atoms with E-state index in [2.05, 4.69) is 37.9 Å². The zero-order valence-corrected chi connectivity index (χ0v) is 14.2. The Hall–Kier alpha value is -1.66. The second-order valence-electron chi connectivity index (χ2n) is 6.00. The highest BCUT2D eigenvalue weighted by atomic mass is 16.7. The minimum Gasteiger partial charge on any atom is -0.399 e. The predicted molar refractivity (Wildman–Crippen MR) is 88.4 cm³/mol. The summed E-state index contributed by atoms with van der Waals surface area (Å²) in [7, 11) is -0.334. The molecule has 2 heterocycles. The monoisotopic (exact) mass is 301 g/mol. The molecule has 1 aliphatic heterocycles. The average molecular weight is 301 g/mol. The van der Waals surface area contributed by atoms with Crippen molar-refractivity contribution in [2.45, 2.75) is 52.7 Å². The molecule has 5 nitrogen and oxygen atoms in total. The normalized spacial score (nSPS) is 18.7. The lowest BCUT2D eigenvalue weighted by atomic mass is 9.79. The average Bonchev–Trinajstić information content (AvgIpc) is 3.08. The molecule has 3 rings (SSSR count). The SMILES string of the molecule is CC.CC1(C)OB(c2ccc(-n3nccn3)cc2)OC1(C)C. The second kappa shape index (κ2) is 6.22. The first-order chi connectivity index (χ1) is 10.4. The Labute approximate surface area is 132 Å². The fourth-order valence-electron chi connectivity index (χ4n) is 2.09. The quantitative estimate of drug-likeness (QED) is 0.800. The van der Waals surface area contributed by atoms with Crippen LogP contribution in [0, 0.1) is 0 Å². The molecule has 0 aliphatic carbocycles. The van der Waals surface area contributed by atoms with E-state index in [0.717, 1.165) is 11.2 Å². The molecular weight excluding hydrogens is 277 g/mol. The highest BCUT2D eigenvalue weighted by Crippen LogP contribution is 2.36. The standard InChI is InChI=1S/C14H18BN3O2.C2H6/c1-13(2)14(3,4)20-15(19-13)11-5-7-12(8-6-11)18-16-9-10-17-18;1-2/h5-10H,1-4H3;1-2H3. The van der Waals surface area contributed by atoms with Crippen LogP contribution >= 0.6 is 0 Å². The summed E-state index contributed by atoms with van der Waals surface area (Å²) in [5.41, 5.74) is 1.27. The molecule has 0 bridgehead atoms. The summed E-state index contributed by atoms with van der Waals surface area (Å²) in [5.74, 6) is 0. The summed E-state index contributed by atoms with van der Waals surface area (Å²) < 4.78 is 12.0. The number of nitrogens with zero attached hydrogens (tertiary/aromatic N) is 3. The van der Waals surface area contributed by atoms with Gasteiger partial charge in [0.2, 0.25) is 0 Å². The van der Waals surface area contributed by atoms with E-state index in [4.69, 9.17) is 9.31 Å². The van der Waals surface area contributed by atoms with Crippen LogP contribution in [0.5, 0.6) is 0 Å². The highest BCUT2D eigenvalue weighted by Gasteiger charge is 2.51. The predicted octanol–water partition coefficient (Wildman–Crippen LogP) is 2.59. The second-order valence-corrected chi connectivity index (χ2v) is 6.00. The molecule has 1 aromatic carbocycles. The molecule has 2 aromatic rings. The molecule has 0 spiro atoms. The third-order valence-electron chi connectivity index (χ3n) is 4.07. The van der Waals surface area contributed by atoms with E-state index in [0.29, 0.717) is 0 Å². The molecule has 0 saturated carbocycles. The van der Waals surface area contributed by atoms with E-state index >= 15 is 0 Å². The zero-order chi connectivity index (χ0) is 16.4. The Kier molecular flexibility index (Phi) is 4.73. The molecule has 1 saturated heterocycles. The third kappa shape index (κ3) is 3.08. The van der Waals surface area contributed by atoms with Gasteiger partial charge in [-0.15, -0.1) is 0 Å². The largest absolute Gasteiger partial charge is 0.494 e. The Bertz CT molecular complexity index is 578. The summed E-state index contributed by atoms with van der Waals surface area (Å²) in [6, 6.07) is 7.89. The van der Waals surface area contributed by atoms with E-state index in [1.165, 1.54) is 0 Å². The van der Waals surface area contributed by atoms with Gasteiger partial charge in [0.25, 0.3) is 0 Å². The van der Waals surface area contributed by atoms with E-state index in [-0.39, 0.29) is 18.3 Å². The minimum absolute atomic E-state index is 0.320. The fourth-order valence-corrected chi connectivity index (χ4v) is 2.09. The van der Waals surface area contributed by atoms with Crippen LogP contribution in [0.2, 0.25) is 0 Å². The summed E-state index contributed by atoms with van der Waals surface area (Å²) in [4.78, 5) is 1.58. The van der Waals surface area contributed by atoms with Crippen molar-refractivity contribution in [3.05, 3.63) is 36.7 Å². The lowest BCUT2D eigenvalue weighted by molar-refractivity contribution is 0.00578. The third-order valence-corrected chi connectivity index (χ3v) is 4.07. The Morgan fingerprint density at radius 1 is 0.864 bits per heavy atom. The molecule has 0 amide bonds. The lowest BCUT2D eigenvalue weighted by Gasteiger charge is -2.32. The molecule has 118 valence electrons. The van der Waals surface area contributed by atoms with Crippen LogP contribution in [0.4, 0.5) is 0 Å². The van der Waals surface area contributed by atoms with Gasteiger partial charge in [-0.05, 0) is 45.3 Å². The summed E-state index contributed by atoms with van der Waals surface area (Å²) in [6.07, 6.45) is 3.31. The van der Waals surface area contributed by atoms with Gasteiger partial charge in [0, 0.05) is 0 Å². The number of hydrogen-bond acceptors (Lipinski definition) is 4. The Morgan fingerprint density at radius 3 is 1.77 bits per heavy atom. The molecule has 0 unspecified atom stereocenters. The fraction of sp³-hybridized carbons (Fsp3) is 0.500. The first-order valence-corrected chi connectivity index (χ1v) is 7.71. The van der Waals surface area contributed by atoms with Gasteiger partial charge in [-0.1, -0.05) is 26.0 Å². The zero-order valence-electron chi connectivity index (χ0n) is 14.2. The molecule has 0 atom stereocenters. The van der Waals surface area contributed by atoms with E-state index in [1.54, 1.807) is 17.2 Å². The van der Waals surface area contributed by atoms with Crippen molar-refractivity contribution >= 4 is 12.6 Å². The van der Waals surface area contributed by atoms with Crippen molar-refractivity contribution in [2.24, 2.45) is 0 Å². The van der Waals surface area contributed by atoms with Crippen LogP contribution in [0.25, 0.3) is 5.69 Å². The lowest BCUT2D eigenvalue weighted by Crippen LogP contribution is -2.41. The highest BCUT2D eigenvalue weighted by molar-refractivity contribution is 6.62. The summed E-state index contributed by atoms with van der Waals surface area (Å²) in [6.45, 7) is 12.2. The van der Waals surface area contributed by atoms with Crippen molar-refractivity contribution in [1.29, 1.82) is 0 Å². The Morgan fingerprint density at radius 2 is 1.32 bits per heavy atom. The van der Waals surface area contributed by atoms with Gasteiger partial charge < -0.3 is 9.31 Å². The molecule has 0 radical (unpaired) electrons. The van der Waals surface area contributed by atoms with Crippen LogP contribution < -0.4 is 5.46 Å². The van der Waals surface area contributed by atoms with Crippen LogP contribution in [-0.4, -0.2) is 33.3 Å². The van der Waals surface area contributed by atoms with Crippen LogP contribution in [-0.2, 0) is 9.31 Å². The maximum atomic E-state index is 6.02. The maximum absolute atomic E-state index is 6.02. The molecule has 1 fully saturated rings. The van der Waals surface area contributed by atoms with Gasteiger partial charge in [0.15, 0.2) is 0 Å². The first kappa shape index (κ1) is 16.7. The van der Waals surface area contributed by atoms with Crippen LogP contribution in [0.1, 0.15) is 41.5 Å². The van der Waals surface area contributed by atoms with Gasteiger partial charge in [0.1, 0.15) is 0 Å². The van der Waals surface area contributed by atoms with Crippen molar-refractivity contribution in [3.63, 3.8) is 0 Å². The van der Waals surface area contributed by atoms with Gasteiger partial charge in [-0.3, -0.25) is 0 Å². The minimum atomic E-state index is -0.334.